The first kappa shape index (κ1) is 15.0. The summed E-state index contributed by atoms with van der Waals surface area (Å²) in [5.41, 5.74) is 3.25. The summed E-state index contributed by atoms with van der Waals surface area (Å²) in [7, 11) is 2.14. The zero-order valence-corrected chi connectivity index (χ0v) is 13.7. The van der Waals surface area contributed by atoms with Crippen LogP contribution in [-0.4, -0.2) is 56.8 Å². The molecule has 3 aromatic rings. The van der Waals surface area contributed by atoms with Crippen LogP contribution >= 0.6 is 0 Å². The van der Waals surface area contributed by atoms with Crippen molar-refractivity contribution in [2.24, 2.45) is 4.99 Å². The Balaban J connectivity index is 1.82. The molecule has 124 valence electrons. The topological polar surface area (TPSA) is 80.3 Å². The van der Waals surface area contributed by atoms with Gasteiger partial charge >= 0.3 is 0 Å². The van der Waals surface area contributed by atoms with E-state index in [1.807, 2.05) is 24.3 Å². The summed E-state index contributed by atoms with van der Waals surface area (Å²) in [5, 5.41) is 11.5. The molecule has 0 spiro atoms. The number of rotatable bonds is 3. The number of hydrogen-bond donors (Lipinski definition) is 3. The maximum Gasteiger partial charge on any atom is 0.199 e. The summed E-state index contributed by atoms with van der Waals surface area (Å²) in [6, 6.07) is 8.14. The highest BCUT2D eigenvalue weighted by Gasteiger charge is 2.22. The summed E-state index contributed by atoms with van der Waals surface area (Å²) in [5.74, 6) is 0.150. The van der Waals surface area contributed by atoms with Crippen LogP contribution < -0.4 is 0 Å². The Hall–Kier alpha value is -2.60. The average Bonchev–Trinajstić information content (AvgIpc) is 3.22. The molecule has 1 aliphatic heterocycles. The number of aromatic nitrogens is 3. The van der Waals surface area contributed by atoms with Gasteiger partial charge in [-0.2, -0.15) is 0 Å². The number of hydrogen-bond acceptors (Lipinski definition) is 4. The number of imidazole rings is 1. The van der Waals surface area contributed by atoms with Crippen LogP contribution in [-0.2, 0) is 0 Å². The second-order valence-electron chi connectivity index (χ2n) is 6.37. The Kier molecular flexibility index (Phi) is 3.82. The summed E-state index contributed by atoms with van der Waals surface area (Å²) >= 11 is 0. The van der Waals surface area contributed by atoms with Gasteiger partial charge < -0.3 is 20.0 Å². The van der Waals surface area contributed by atoms with Crippen LogP contribution in [0.3, 0.4) is 0 Å². The number of piperidine rings is 1. The number of aromatic hydroxyl groups is 1. The summed E-state index contributed by atoms with van der Waals surface area (Å²) in [6.07, 6.45) is 5.45. The van der Waals surface area contributed by atoms with Gasteiger partial charge in [-0.3, -0.25) is 4.99 Å². The van der Waals surface area contributed by atoms with Crippen LogP contribution in [0.15, 0.2) is 41.8 Å². The first-order valence-corrected chi connectivity index (χ1v) is 8.27. The van der Waals surface area contributed by atoms with Crippen molar-refractivity contribution in [2.75, 3.05) is 20.1 Å². The quantitative estimate of drug-likeness (QED) is 0.648. The molecule has 0 saturated carbocycles. The Morgan fingerprint density at radius 2 is 2.08 bits per heavy atom. The number of benzene rings is 1. The summed E-state index contributed by atoms with van der Waals surface area (Å²) in [6.45, 7) is 2.09. The molecule has 0 aliphatic carbocycles. The third kappa shape index (κ3) is 2.69. The molecule has 1 aromatic carbocycles. The average molecular weight is 323 g/mol. The second kappa shape index (κ2) is 6.13. The second-order valence-corrected chi connectivity index (χ2v) is 6.37. The minimum absolute atomic E-state index is 0.150. The van der Waals surface area contributed by atoms with E-state index in [2.05, 4.69) is 26.9 Å². The van der Waals surface area contributed by atoms with Gasteiger partial charge in [-0.05, 0) is 39.0 Å². The maximum atomic E-state index is 10.5. The zero-order valence-electron chi connectivity index (χ0n) is 13.7. The molecule has 3 heterocycles. The third-order valence-corrected chi connectivity index (χ3v) is 4.68. The summed E-state index contributed by atoms with van der Waals surface area (Å²) in [4.78, 5) is 17.6. The molecule has 0 bridgehead atoms. The number of nitrogens with zero attached hydrogens (tertiary/aromatic N) is 3. The van der Waals surface area contributed by atoms with E-state index in [0.717, 1.165) is 53.8 Å². The molecule has 6 heteroatoms. The molecule has 0 radical (unpaired) electrons. The highest BCUT2D eigenvalue weighted by atomic mass is 16.3. The summed E-state index contributed by atoms with van der Waals surface area (Å²) < 4.78 is 0. The highest BCUT2D eigenvalue weighted by molar-refractivity contribution is 6.20. The van der Waals surface area contributed by atoms with Gasteiger partial charge in [0.15, 0.2) is 5.88 Å². The van der Waals surface area contributed by atoms with Crippen LogP contribution in [0.1, 0.15) is 24.1 Å². The first-order chi connectivity index (χ1) is 11.7. The van der Waals surface area contributed by atoms with Crippen LogP contribution in [0.25, 0.3) is 10.9 Å². The molecule has 0 amide bonds. The fraction of sp³-hybridized carbons (Fsp3) is 0.333. The van der Waals surface area contributed by atoms with E-state index in [4.69, 9.17) is 4.99 Å². The standard InChI is InChI=1S/C18H21N5O/c1-23-8-6-12(7-9-23)21-17(15-10-19-11-20-15)16-13-4-2-3-5-14(13)22-18(16)24/h2-5,10-12,22,24H,6-9H2,1H3,(H,19,20). The van der Waals surface area contributed by atoms with Crippen LogP contribution in [0, 0.1) is 0 Å². The molecule has 6 nitrogen and oxygen atoms in total. The number of H-pyrrole nitrogens is 2. The number of likely N-dealkylation sites (tertiary alicyclic amines) is 1. The Morgan fingerprint density at radius 3 is 2.83 bits per heavy atom. The van der Waals surface area contributed by atoms with Crippen molar-refractivity contribution in [3.05, 3.63) is 48.0 Å². The lowest BCUT2D eigenvalue weighted by molar-refractivity contribution is 0.257. The van der Waals surface area contributed by atoms with E-state index in [0.29, 0.717) is 0 Å². The smallest absolute Gasteiger partial charge is 0.199 e. The minimum atomic E-state index is 0.150. The predicted octanol–water partition coefficient (Wildman–Crippen LogP) is 2.53. The molecule has 1 aliphatic rings. The molecule has 0 atom stereocenters. The van der Waals surface area contributed by atoms with E-state index >= 15 is 0 Å². The van der Waals surface area contributed by atoms with E-state index in [1.165, 1.54) is 0 Å². The number of fused-ring (bicyclic) bond motifs is 1. The molecule has 1 fully saturated rings. The number of nitrogens with one attached hydrogen (secondary N) is 2. The SMILES string of the molecule is CN1CCC(N=C(c2cnc[nH]2)c2c(O)[nH]c3ccccc23)CC1. The maximum absolute atomic E-state index is 10.5. The van der Waals surface area contributed by atoms with Gasteiger partial charge in [-0.1, -0.05) is 18.2 Å². The van der Waals surface area contributed by atoms with Crippen molar-refractivity contribution in [2.45, 2.75) is 18.9 Å². The monoisotopic (exact) mass is 323 g/mol. The van der Waals surface area contributed by atoms with Crippen molar-refractivity contribution >= 4 is 16.6 Å². The molecular weight excluding hydrogens is 302 g/mol. The highest BCUT2D eigenvalue weighted by Crippen LogP contribution is 2.30. The van der Waals surface area contributed by atoms with Crippen LogP contribution in [0.4, 0.5) is 0 Å². The molecule has 1 saturated heterocycles. The van der Waals surface area contributed by atoms with Crippen molar-refractivity contribution < 1.29 is 5.11 Å². The first-order valence-electron chi connectivity index (χ1n) is 8.27. The fourth-order valence-electron chi connectivity index (χ4n) is 3.33. The van der Waals surface area contributed by atoms with E-state index < -0.39 is 0 Å². The van der Waals surface area contributed by atoms with Crippen molar-refractivity contribution in [1.29, 1.82) is 0 Å². The van der Waals surface area contributed by atoms with Gasteiger partial charge in [0.05, 0.1) is 35.5 Å². The van der Waals surface area contributed by atoms with Gasteiger partial charge in [-0.25, -0.2) is 4.98 Å². The lowest BCUT2D eigenvalue weighted by atomic mass is 10.0. The molecule has 4 rings (SSSR count). The predicted molar refractivity (Wildman–Crippen MR) is 94.7 cm³/mol. The number of aromatic amines is 2. The van der Waals surface area contributed by atoms with Gasteiger partial charge in [0.2, 0.25) is 0 Å². The molecule has 3 N–H and O–H groups in total. The number of para-hydroxylation sites is 1. The minimum Gasteiger partial charge on any atom is -0.494 e. The van der Waals surface area contributed by atoms with Crippen molar-refractivity contribution in [3.8, 4) is 5.88 Å². The van der Waals surface area contributed by atoms with Gasteiger partial charge in [0.1, 0.15) is 0 Å². The van der Waals surface area contributed by atoms with Crippen LogP contribution in [0.5, 0.6) is 5.88 Å². The molecular formula is C18H21N5O. The Bertz CT molecular complexity index is 857. The lowest BCUT2D eigenvalue weighted by Gasteiger charge is -2.27. The number of aliphatic imine (C=N–C) groups is 1. The van der Waals surface area contributed by atoms with Crippen LogP contribution in [0.2, 0.25) is 0 Å². The molecule has 2 aromatic heterocycles. The van der Waals surface area contributed by atoms with E-state index in [9.17, 15) is 5.11 Å². The Morgan fingerprint density at radius 1 is 1.29 bits per heavy atom. The molecule has 0 unspecified atom stereocenters. The van der Waals surface area contributed by atoms with Gasteiger partial charge in [0, 0.05) is 10.9 Å². The van der Waals surface area contributed by atoms with Gasteiger partial charge in [-0.15, -0.1) is 0 Å². The van der Waals surface area contributed by atoms with Crippen molar-refractivity contribution in [3.63, 3.8) is 0 Å². The Labute approximate surface area is 140 Å². The van der Waals surface area contributed by atoms with Gasteiger partial charge in [0.25, 0.3) is 0 Å². The third-order valence-electron chi connectivity index (χ3n) is 4.68. The molecule has 24 heavy (non-hydrogen) atoms. The largest absolute Gasteiger partial charge is 0.494 e. The normalized spacial score (nSPS) is 17.6. The van der Waals surface area contributed by atoms with E-state index in [1.54, 1.807) is 12.5 Å². The van der Waals surface area contributed by atoms with E-state index in [-0.39, 0.29) is 11.9 Å². The fourth-order valence-corrected chi connectivity index (χ4v) is 3.33. The zero-order chi connectivity index (χ0) is 16.5. The lowest BCUT2D eigenvalue weighted by Crippen LogP contribution is -2.32. The van der Waals surface area contributed by atoms with Crippen molar-refractivity contribution in [1.82, 2.24) is 19.9 Å².